The third-order valence-electron chi connectivity index (χ3n) is 2.55. The van der Waals surface area contributed by atoms with E-state index in [9.17, 15) is 0 Å². The molecule has 4 heteroatoms. The van der Waals surface area contributed by atoms with E-state index in [1.807, 2.05) is 29.0 Å². The quantitative estimate of drug-likeness (QED) is 0.823. The molecule has 0 aliphatic carbocycles. The Kier molecular flexibility index (Phi) is 4.00. The molecule has 2 aromatic rings. The maximum atomic E-state index is 5.41. The molecule has 0 fully saturated rings. The van der Waals surface area contributed by atoms with Crippen molar-refractivity contribution in [1.29, 1.82) is 0 Å². The fraction of sp³-hybridized carbons (Fsp3) is 0.214. The summed E-state index contributed by atoms with van der Waals surface area (Å²) in [4.78, 5) is 4.03. The minimum Gasteiger partial charge on any atom is -0.497 e. The zero-order chi connectivity index (χ0) is 12.8. The molecule has 18 heavy (non-hydrogen) atoms. The highest BCUT2D eigenvalue weighted by Gasteiger charge is 2.03. The second kappa shape index (κ2) is 5.89. The van der Waals surface area contributed by atoms with Crippen LogP contribution in [0.2, 0.25) is 0 Å². The van der Waals surface area contributed by atoms with Gasteiger partial charge in [-0.15, -0.1) is 0 Å². The standard InChI is InChI=1S/C14H15N3O/c1-18-14-5-4-12(3-2-6-15)13(9-14)10-17-8-7-16-11-17/h4-5,7-9,11H,6,10,15H2,1H3. The van der Waals surface area contributed by atoms with Crippen molar-refractivity contribution in [3.63, 3.8) is 0 Å². The molecule has 4 nitrogen and oxygen atoms in total. The summed E-state index contributed by atoms with van der Waals surface area (Å²) < 4.78 is 7.22. The van der Waals surface area contributed by atoms with Gasteiger partial charge in [0, 0.05) is 24.5 Å². The Balaban J connectivity index is 2.34. The van der Waals surface area contributed by atoms with Gasteiger partial charge >= 0.3 is 0 Å². The van der Waals surface area contributed by atoms with Crippen molar-refractivity contribution in [3.8, 4) is 17.6 Å². The second-order valence-corrected chi connectivity index (χ2v) is 3.76. The van der Waals surface area contributed by atoms with Gasteiger partial charge < -0.3 is 15.0 Å². The van der Waals surface area contributed by atoms with Crippen molar-refractivity contribution >= 4 is 0 Å². The minimum atomic E-state index is 0.358. The summed E-state index contributed by atoms with van der Waals surface area (Å²) in [5, 5.41) is 0. The van der Waals surface area contributed by atoms with E-state index >= 15 is 0 Å². The van der Waals surface area contributed by atoms with Crippen molar-refractivity contribution in [1.82, 2.24) is 9.55 Å². The zero-order valence-electron chi connectivity index (χ0n) is 10.3. The van der Waals surface area contributed by atoms with Crippen LogP contribution in [0.15, 0.2) is 36.9 Å². The summed E-state index contributed by atoms with van der Waals surface area (Å²) in [5.74, 6) is 6.77. The highest BCUT2D eigenvalue weighted by molar-refractivity contribution is 5.45. The van der Waals surface area contributed by atoms with E-state index in [0.717, 1.165) is 16.9 Å². The summed E-state index contributed by atoms with van der Waals surface area (Å²) >= 11 is 0. The average Bonchev–Trinajstić information content (AvgIpc) is 2.90. The summed E-state index contributed by atoms with van der Waals surface area (Å²) in [6, 6.07) is 5.84. The number of hydrogen-bond acceptors (Lipinski definition) is 3. The van der Waals surface area contributed by atoms with Crippen LogP contribution in [0.3, 0.4) is 0 Å². The number of nitrogens with zero attached hydrogens (tertiary/aromatic N) is 2. The zero-order valence-corrected chi connectivity index (χ0v) is 10.3. The van der Waals surface area contributed by atoms with Crippen LogP contribution >= 0.6 is 0 Å². The molecule has 0 saturated carbocycles. The number of rotatable bonds is 3. The number of aromatic nitrogens is 2. The van der Waals surface area contributed by atoms with E-state index in [4.69, 9.17) is 10.5 Å². The first-order valence-electron chi connectivity index (χ1n) is 5.65. The molecule has 0 amide bonds. The maximum absolute atomic E-state index is 5.41. The normalized spacial score (nSPS) is 9.67. The van der Waals surface area contributed by atoms with E-state index < -0.39 is 0 Å². The van der Waals surface area contributed by atoms with Gasteiger partial charge in [0.25, 0.3) is 0 Å². The first-order valence-corrected chi connectivity index (χ1v) is 5.65. The number of ether oxygens (including phenoxy) is 1. The monoisotopic (exact) mass is 241 g/mol. The lowest BCUT2D eigenvalue weighted by atomic mass is 10.1. The van der Waals surface area contributed by atoms with E-state index in [2.05, 4.69) is 16.8 Å². The Bertz CT molecular complexity index is 564. The summed E-state index contributed by atoms with van der Waals surface area (Å²) in [6.45, 7) is 1.07. The SMILES string of the molecule is COc1ccc(C#CCN)c(Cn2ccnc2)c1. The molecule has 0 aliphatic heterocycles. The van der Waals surface area contributed by atoms with Crippen molar-refractivity contribution in [2.24, 2.45) is 5.73 Å². The lowest BCUT2D eigenvalue weighted by Crippen LogP contribution is -2.00. The number of imidazole rings is 1. The molecule has 0 radical (unpaired) electrons. The average molecular weight is 241 g/mol. The van der Waals surface area contributed by atoms with Gasteiger partial charge in [-0.2, -0.15) is 0 Å². The molecule has 2 N–H and O–H groups in total. The van der Waals surface area contributed by atoms with Crippen LogP contribution in [0, 0.1) is 11.8 Å². The van der Waals surface area contributed by atoms with Crippen molar-refractivity contribution < 1.29 is 4.74 Å². The molecule has 0 bridgehead atoms. The predicted molar refractivity (Wildman–Crippen MR) is 70.3 cm³/mol. The lowest BCUT2D eigenvalue weighted by Gasteiger charge is -2.08. The third kappa shape index (κ3) is 2.90. The summed E-state index contributed by atoms with van der Waals surface area (Å²) in [6.07, 6.45) is 5.45. The van der Waals surface area contributed by atoms with Crippen LogP contribution in [0.4, 0.5) is 0 Å². The summed E-state index contributed by atoms with van der Waals surface area (Å²) in [5.41, 5.74) is 7.46. The van der Waals surface area contributed by atoms with E-state index in [0.29, 0.717) is 13.1 Å². The van der Waals surface area contributed by atoms with E-state index in [1.54, 1.807) is 19.6 Å². The van der Waals surface area contributed by atoms with Gasteiger partial charge in [0.15, 0.2) is 0 Å². The second-order valence-electron chi connectivity index (χ2n) is 3.76. The lowest BCUT2D eigenvalue weighted by molar-refractivity contribution is 0.414. The third-order valence-corrected chi connectivity index (χ3v) is 2.55. The first kappa shape index (κ1) is 12.2. The molecule has 0 aliphatic rings. The fourth-order valence-corrected chi connectivity index (χ4v) is 1.67. The van der Waals surface area contributed by atoms with Crippen LogP contribution in [-0.4, -0.2) is 23.2 Å². The number of nitrogens with two attached hydrogens (primary N) is 1. The van der Waals surface area contributed by atoms with Crippen LogP contribution in [0.5, 0.6) is 5.75 Å². The topological polar surface area (TPSA) is 53.1 Å². The van der Waals surface area contributed by atoms with Crippen molar-refractivity contribution in [2.75, 3.05) is 13.7 Å². The van der Waals surface area contributed by atoms with E-state index in [-0.39, 0.29) is 0 Å². The molecule has 1 aromatic carbocycles. The van der Waals surface area contributed by atoms with Gasteiger partial charge in [-0.3, -0.25) is 0 Å². The molecule has 0 saturated heterocycles. The predicted octanol–water partition coefficient (Wildman–Crippen LogP) is 1.25. The van der Waals surface area contributed by atoms with Crippen LogP contribution < -0.4 is 10.5 Å². The Morgan fingerprint density at radius 3 is 3.00 bits per heavy atom. The van der Waals surface area contributed by atoms with Crippen molar-refractivity contribution in [2.45, 2.75) is 6.54 Å². The van der Waals surface area contributed by atoms with Gasteiger partial charge in [-0.1, -0.05) is 11.8 Å². The maximum Gasteiger partial charge on any atom is 0.119 e. The molecule has 92 valence electrons. The molecule has 0 spiro atoms. The van der Waals surface area contributed by atoms with Gasteiger partial charge in [0.2, 0.25) is 0 Å². The van der Waals surface area contributed by atoms with Gasteiger partial charge in [-0.05, 0) is 23.8 Å². The minimum absolute atomic E-state index is 0.358. The molecular weight excluding hydrogens is 226 g/mol. The summed E-state index contributed by atoms with van der Waals surface area (Å²) in [7, 11) is 1.65. The molecule has 2 rings (SSSR count). The Morgan fingerprint density at radius 2 is 2.33 bits per heavy atom. The molecular formula is C14H15N3O. The molecule has 1 aromatic heterocycles. The molecule has 1 heterocycles. The number of benzene rings is 1. The Morgan fingerprint density at radius 1 is 1.44 bits per heavy atom. The van der Waals surface area contributed by atoms with Crippen LogP contribution in [-0.2, 0) is 6.54 Å². The largest absolute Gasteiger partial charge is 0.497 e. The highest BCUT2D eigenvalue weighted by atomic mass is 16.5. The van der Waals surface area contributed by atoms with Crippen LogP contribution in [0.1, 0.15) is 11.1 Å². The Labute approximate surface area is 106 Å². The van der Waals surface area contributed by atoms with Gasteiger partial charge in [-0.25, -0.2) is 4.98 Å². The fourth-order valence-electron chi connectivity index (χ4n) is 1.67. The van der Waals surface area contributed by atoms with Gasteiger partial charge in [0.05, 0.1) is 20.0 Å². The molecule has 0 atom stereocenters. The first-order chi connectivity index (χ1) is 8.83. The smallest absolute Gasteiger partial charge is 0.119 e. The molecule has 0 unspecified atom stereocenters. The van der Waals surface area contributed by atoms with E-state index in [1.165, 1.54) is 0 Å². The number of methoxy groups -OCH3 is 1. The van der Waals surface area contributed by atoms with Crippen LogP contribution in [0.25, 0.3) is 0 Å². The van der Waals surface area contributed by atoms with Gasteiger partial charge in [0.1, 0.15) is 5.75 Å². The Hall–Kier alpha value is -2.25. The number of hydrogen-bond donors (Lipinski definition) is 1. The highest BCUT2D eigenvalue weighted by Crippen LogP contribution is 2.18. The van der Waals surface area contributed by atoms with Crippen molar-refractivity contribution in [3.05, 3.63) is 48.0 Å².